The second-order valence-corrected chi connectivity index (χ2v) is 7.97. The summed E-state index contributed by atoms with van der Waals surface area (Å²) in [7, 11) is 0. The molecule has 4 atom stereocenters. The Morgan fingerprint density at radius 1 is 1.14 bits per heavy atom. The van der Waals surface area contributed by atoms with Crippen LogP contribution >= 0.6 is 0 Å². The minimum absolute atomic E-state index is 0.231. The predicted octanol–water partition coefficient (Wildman–Crippen LogP) is 5.28. The molecule has 1 saturated carbocycles. The number of aliphatic hydroxyl groups is 1. The van der Waals surface area contributed by atoms with Gasteiger partial charge < -0.3 is 5.11 Å². The van der Waals surface area contributed by atoms with Crippen LogP contribution in [-0.2, 0) is 0 Å². The molecule has 0 aromatic carbocycles. The zero-order valence-corrected chi connectivity index (χ0v) is 14.4. The van der Waals surface area contributed by atoms with Crippen molar-refractivity contribution in [3.63, 3.8) is 0 Å². The van der Waals surface area contributed by atoms with Crippen LogP contribution in [0, 0.1) is 23.2 Å². The molecule has 0 spiro atoms. The van der Waals surface area contributed by atoms with Crippen LogP contribution in [0.15, 0.2) is 35.5 Å². The van der Waals surface area contributed by atoms with Gasteiger partial charge in [0.05, 0.1) is 6.10 Å². The first-order valence-corrected chi connectivity index (χ1v) is 8.40. The van der Waals surface area contributed by atoms with Crippen LogP contribution in [0.3, 0.4) is 0 Å². The van der Waals surface area contributed by atoms with Gasteiger partial charge in [-0.15, -0.1) is 0 Å². The van der Waals surface area contributed by atoms with Crippen LogP contribution in [-0.4, -0.2) is 11.2 Å². The SMILES string of the molecule is C=C(C)C1CC=C(C)C(O)C1.CC1=CCC2CC1C2(C)C. The summed E-state index contributed by atoms with van der Waals surface area (Å²) in [6.45, 7) is 15.0. The molecule has 0 aromatic rings. The van der Waals surface area contributed by atoms with Crippen LogP contribution in [0.4, 0.5) is 0 Å². The summed E-state index contributed by atoms with van der Waals surface area (Å²) < 4.78 is 0. The maximum absolute atomic E-state index is 9.49. The highest BCUT2D eigenvalue weighted by Gasteiger charge is 2.49. The van der Waals surface area contributed by atoms with Crippen LogP contribution in [0.2, 0.25) is 0 Å². The van der Waals surface area contributed by atoms with Gasteiger partial charge in [0, 0.05) is 0 Å². The lowest BCUT2D eigenvalue weighted by Crippen LogP contribution is -2.47. The number of aliphatic hydroxyl groups excluding tert-OH is 1. The molecule has 0 amide bonds. The Hall–Kier alpha value is -0.820. The van der Waals surface area contributed by atoms with Crippen LogP contribution in [0.25, 0.3) is 0 Å². The molecule has 0 saturated heterocycles. The maximum atomic E-state index is 9.49. The highest BCUT2D eigenvalue weighted by molar-refractivity contribution is 5.21. The predicted molar refractivity (Wildman–Crippen MR) is 91.1 cm³/mol. The molecular weight excluding hydrogens is 256 g/mol. The summed E-state index contributed by atoms with van der Waals surface area (Å²) in [5, 5.41) is 9.49. The van der Waals surface area contributed by atoms with Gasteiger partial charge in [-0.2, -0.15) is 0 Å². The molecule has 0 radical (unpaired) electrons. The standard InChI is InChI=1S/C10H16O.C10H16/c1-7(2)9-5-4-8(3)10(11)6-9;1-7-4-5-8-6-9(7)10(8,2)3/h4,9-11H,1,5-6H2,2-3H3;4,8-9H,5-6H2,1-3H3. The fourth-order valence-corrected chi connectivity index (χ4v) is 4.08. The maximum Gasteiger partial charge on any atom is 0.0753 e. The van der Waals surface area contributed by atoms with Gasteiger partial charge in [0.1, 0.15) is 0 Å². The van der Waals surface area contributed by atoms with E-state index >= 15 is 0 Å². The van der Waals surface area contributed by atoms with Gasteiger partial charge in [-0.3, -0.25) is 0 Å². The molecule has 0 heterocycles. The molecule has 1 nitrogen and oxygen atoms in total. The van der Waals surface area contributed by atoms with E-state index < -0.39 is 0 Å². The Morgan fingerprint density at radius 2 is 1.76 bits per heavy atom. The summed E-state index contributed by atoms with van der Waals surface area (Å²) in [5.41, 5.74) is 4.58. The van der Waals surface area contributed by atoms with Gasteiger partial charge in [-0.05, 0) is 75.2 Å². The summed E-state index contributed by atoms with van der Waals surface area (Å²) in [5.74, 6) is 2.42. The van der Waals surface area contributed by atoms with E-state index in [1.54, 1.807) is 5.57 Å². The molecule has 21 heavy (non-hydrogen) atoms. The van der Waals surface area contributed by atoms with Crippen molar-refractivity contribution < 1.29 is 5.11 Å². The zero-order chi connectivity index (χ0) is 15.8. The van der Waals surface area contributed by atoms with Gasteiger partial charge in [-0.1, -0.05) is 43.7 Å². The Kier molecular flexibility index (Phi) is 4.82. The lowest BCUT2D eigenvalue weighted by molar-refractivity contribution is -0.00579. The second-order valence-electron chi connectivity index (χ2n) is 7.97. The normalized spacial score (nSPS) is 36.5. The summed E-state index contributed by atoms with van der Waals surface area (Å²) in [4.78, 5) is 0. The Morgan fingerprint density at radius 3 is 2.14 bits per heavy atom. The fraction of sp³-hybridized carbons (Fsp3) is 0.700. The quantitative estimate of drug-likeness (QED) is 0.651. The minimum atomic E-state index is -0.231. The van der Waals surface area contributed by atoms with Crippen molar-refractivity contribution in [1.82, 2.24) is 0 Å². The highest BCUT2D eigenvalue weighted by atomic mass is 16.3. The van der Waals surface area contributed by atoms with E-state index in [1.165, 1.54) is 18.4 Å². The number of hydrogen-bond donors (Lipinski definition) is 1. The van der Waals surface area contributed by atoms with Crippen molar-refractivity contribution >= 4 is 0 Å². The third kappa shape index (κ3) is 3.34. The van der Waals surface area contributed by atoms with Crippen molar-refractivity contribution in [3.8, 4) is 0 Å². The van der Waals surface area contributed by atoms with Gasteiger partial charge in [0.15, 0.2) is 0 Å². The molecule has 1 N–H and O–H groups in total. The van der Waals surface area contributed by atoms with Gasteiger partial charge in [-0.25, -0.2) is 0 Å². The van der Waals surface area contributed by atoms with Crippen LogP contribution in [0.1, 0.15) is 60.3 Å². The molecule has 4 aliphatic rings. The van der Waals surface area contributed by atoms with Crippen molar-refractivity contribution in [1.29, 1.82) is 0 Å². The molecule has 0 aliphatic heterocycles. The van der Waals surface area contributed by atoms with Crippen molar-refractivity contribution in [3.05, 3.63) is 35.5 Å². The molecule has 0 aromatic heterocycles. The van der Waals surface area contributed by atoms with Crippen molar-refractivity contribution in [2.45, 2.75) is 66.4 Å². The fourth-order valence-electron chi connectivity index (χ4n) is 4.08. The van der Waals surface area contributed by atoms with E-state index in [2.05, 4.69) is 39.5 Å². The van der Waals surface area contributed by atoms with Gasteiger partial charge in [0.2, 0.25) is 0 Å². The summed E-state index contributed by atoms with van der Waals surface area (Å²) >= 11 is 0. The average Bonchev–Trinajstić information content (AvgIpc) is 2.42. The molecule has 2 bridgehead atoms. The summed E-state index contributed by atoms with van der Waals surface area (Å²) in [6.07, 6.45) is 9.04. The number of rotatable bonds is 1. The average molecular weight is 288 g/mol. The lowest BCUT2D eigenvalue weighted by Gasteiger charge is -2.56. The van der Waals surface area contributed by atoms with E-state index in [0.29, 0.717) is 11.3 Å². The number of fused-ring (bicyclic) bond motifs is 1. The second kappa shape index (κ2) is 6.12. The molecule has 118 valence electrons. The molecule has 4 unspecified atom stereocenters. The summed E-state index contributed by atoms with van der Waals surface area (Å²) in [6, 6.07) is 0. The zero-order valence-electron chi connectivity index (χ0n) is 14.4. The third-order valence-electron chi connectivity index (χ3n) is 6.20. The topological polar surface area (TPSA) is 20.2 Å². The van der Waals surface area contributed by atoms with E-state index in [-0.39, 0.29) is 6.10 Å². The third-order valence-corrected chi connectivity index (χ3v) is 6.20. The lowest BCUT2D eigenvalue weighted by atomic mass is 9.49. The molecule has 1 heteroatoms. The smallest absolute Gasteiger partial charge is 0.0753 e. The van der Waals surface area contributed by atoms with E-state index in [9.17, 15) is 5.11 Å². The first-order chi connectivity index (χ1) is 9.73. The van der Waals surface area contributed by atoms with Crippen molar-refractivity contribution in [2.24, 2.45) is 23.2 Å². The van der Waals surface area contributed by atoms with E-state index in [4.69, 9.17) is 0 Å². The molecular formula is C20H32O. The first kappa shape index (κ1) is 16.5. The number of hydrogen-bond acceptors (Lipinski definition) is 1. The minimum Gasteiger partial charge on any atom is -0.389 e. The Bertz CT molecular complexity index is 466. The molecule has 1 fully saturated rings. The van der Waals surface area contributed by atoms with Gasteiger partial charge >= 0.3 is 0 Å². The highest BCUT2D eigenvalue weighted by Crippen LogP contribution is 2.58. The van der Waals surface area contributed by atoms with E-state index in [0.717, 1.165) is 30.3 Å². The van der Waals surface area contributed by atoms with Crippen LogP contribution < -0.4 is 0 Å². The first-order valence-electron chi connectivity index (χ1n) is 8.40. The largest absolute Gasteiger partial charge is 0.389 e. The molecule has 4 rings (SSSR count). The Labute approximate surface area is 130 Å². The monoisotopic (exact) mass is 288 g/mol. The van der Waals surface area contributed by atoms with E-state index in [1.807, 2.05) is 13.8 Å². The molecule has 4 aliphatic carbocycles. The van der Waals surface area contributed by atoms with Crippen molar-refractivity contribution in [2.75, 3.05) is 0 Å². The Balaban J connectivity index is 0.000000154. The van der Waals surface area contributed by atoms with Gasteiger partial charge in [0.25, 0.3) is 0 Å². The van der Waals surface area contributed by atoms with Crippen LogP contribution in [0.5, 0.6) is 0 Å². The number of allylic oxidation sites excluding steroid dienone is 4.